The Balaban J connectivity index is 2.10. The summed E-state index contributed by atoms with van der Waals surface area (Å²) in [7, 11) is -3.98. The van der Waals surface area contributed by atoms with Crippen LogP contribution in [-0.2, 0) is 16.4 Å². The fraction of sp³-hybridized carbons (Fsp3) is 0.235. The van der Waals surface area contributed by atoms with Crippen LogP contribution in [0.3, 0.4) is 0 Å². The topological polar surface area (TPSA) is 63.2 Å². The van der Waals surface area contributed by atoms with E-state index in [2.05, 4.69) is 11.6 Å². The van der Waals surface area contributed by atoms with Crippen molar-refractivity contribution in [1.29, 1.82) is 0 Å². The Morgan fingerprint density at radius 2 is 1.62 bits per heavy atom. The highest BCUT2D eigenvalue weighted by atomic mass is 35.5. The number of halogens is 2. The number of hydrogen-bond donors (Lipinski definition) is 1. The maximum Gasteiger partial charge on any atom is 0.243 e. The van der Waals surface area contributed by atoms with E-state index in [0.29, 0.717) is 5.56 Å². The first-order chi connectivity index (χ1) is 11.3. The van der Waals surface area contributed by atoms with E-state index in [0.717, 1.165) is 18.4 Å². The first kappa shape index (κ1) is 18.9. The number of sulfonamides is 1. The molecule has 7 heteroatoms. The molecule has 2 aromatic rings. The Bertz CT molecular complexity index is 813. The van der Waals surface area contributed by atoms with Gasteiger partial charge in [0.1, 0.15) is 4.90 Å². The molecule has 0 aliphatic heterocycles. The van der Waals surface area contributed by atoms with Crippen LogP contribution in [0.25, 0.3) is 0 Å². The zero-order valence-electron chi connectivity index (χ0n) is 13.1. The van der Waals surface area contributed by atoms with Crippen LogP contribution in [0.15, 0.2) is 47.4 Å². The summed E-state index contributed by atoms with van der Waals surface area (Å²) in [6.45, 7) is 1.71. The van der Waals surface area contributed by atoms with Crippen LogP contribution in [0.5, 0.6) is 0 Å². The lowest BCUT2D eigenvalue weighted by Gasteiger charge is -2.09. The van der Waals surface area contributed by atoms with Crippen molar-refractivity contribution in [3.05, 3.63) is 63.6 Å². The molecule has 24 heavy (non-hydrogen) atoms. The van der Waals surface area contributed by atoms with Gasteiger partial charge >= 0.3 is 0 Å². The van der Waals surface area contributed by atoms with Gasteiger partial charge in [-0.25, -0.2) is 13.1 Å². The molecule has 0 aliphatic rings. The Hall–Kier alpha value is -1.40. The summed E-state index contributed by atoms with van der Waals surface area (Å²) in [5.41, 5.74) is 1.58. The van der Waals surface area contributed by atoms with Gasteiger partial charge in [0.05, 0.1) is 16.6 Å². The van der Waals surface area contributed by atoms with Gasteiger partial charge < -0.3 is 0 Å². The molecular weight excluding hydrogens is 369 g/mol. The van der Waals surface area contributed by atoms with Crippen molar-refractivity contribution < 1.29 is 13.2 Å². The van der Waals surface area contributed by atoms with Gasteiger partial charge in [-0.05, 0) is 24.1 Å². The minimum Gasteiger partial charge on any atom is -0.293 e. The minimum atomic E-state index is -3.98. The molecule has 0 atom stereocenters. The van der Waals surface area contributed by atoms with E-state index in [4.69, 9.17) is 23.2 Å². The van der Waals surface area contributed by atoms with Gasteiger partial charge in [0.2, 0.25) is 10.0 Å². The molecule has 0 unspecified atom stereocenters. The van der Waals surface area contributed by atoms with Crippen molar-refractivity contribution in [3.63, 3.8) is 0 Å². The number of rotatable bonds is 7. The van der Waals surface area contributed by atoms with Crippen LogP contribution in [-0.4, -0.2) is 20.7 Å². The summed E-state index contributed by atoms with van der Waals surface area (Å²) < 4.78 is 26.9. The van der Waals surface area contributed by atoms with E-state index in [1.165, 1.54) is 12.1 Å². The predicted molar refractivity (Wildman–Crippen MR) is 96.4 cm³/mol. The second-order valence-corrected chi connectivity index (χ2v) is 7.76. The van der Waals surface area contributed by atoms with E-state index in [9.17, 15) is 13.2 Å². The molecule has 0 bridgehead atoms. The third-order valence-corrected chi connectivity index (χ3v) is 5.78. The number of ketones is 1. The third kappa shape index (κ3) is 4.57. The van der Waals surface area contributed by atoms with Crippen molar-refractivity contribution >= 4 is 39.0 Å². The summed E-state index contributed by atoms with van der Waals surface area (Å²) in [5, 5.41) is 0.0118. The molecule has 4 nitrogen and oxygen atoms in total. The molecule has 0 aromatic heterocycles. The number of nitrogens with one attached hydrogen (secondary N) is 1. The van der Waals surface area contributed by atoms with E-state index in [-0.39, 0.29) is 27.3 Å². The first-order valence-corrected chi connectivity index (χ1v) is 9.65. The van der Waals surface area contributed by atoms with E-state index >= 15 is 0 Å². The van der Waals surface area contributed by atoms with Gasteiger partial charge in [0, 0.05) is 5.56 Å². The van der Waals surface area contributed by atoms with Crippen LogP contribution in [0.2, 0.25) is 10.0 Å². The van der Waals surface area contributed by atoms with E-state index in [1.54, 1.807) is 18.2 Å². The van der Waals surface area contributed by atoms with Gasteiger partial charge in [-0.1, -0.05) is 66.9 Å². The van der Waals surface area contributed by atoms with Crippen LogP contribution in [0.4, 0.5) is 0 Å². The van der Waals surface area contributed by atoms with Crippen LogP contribution < -0.4 is 4.72 Å². The number of hydrogen-bond acceptors (Lipinski definition) is 3. The van der Waals surface area contributed by atoms with Crippen molar-refractivity contribution in [2.75, 3.05) is 6.54 Å². The normalized spacial score (nSPS) is 11.5. The number of Topliss-reactive ketones (excluding diaryl/α,β-unsaturated/α-hetero) is 1. The second-order valence-electron chi connectivity index (χ2n) is 5.25. The van der Waals surface area contributed by atoms with Gasteiger partial charge in [0.25, 0.3) is 0 Å². The Kier molecular flexibility index (Phi) is 6.40. The van der Waals surface area contributed by atoms with Crippen molar-refractivity contribution in [2.45, 2.75) is 24.7 Å². The average molecular weight is 386 g/mol. The molecule has 0 radical (unpaired) electrons. The largest absolute Gasteiger partial charge is 0.293 e. The average Bonchev–Trinajstić information content (AvgIpc) is 2.53. The van der Waals surface area contributed by atoms with Gasteiger partial charge in [-0.3, -0.25) is 4.79 Å². The summed E-state index contributed by atoms with van der Waals surface area (Å²) in [4.78, 5) is 11.9. The molecule has 0 heterocycles. The van der Waals surface area contributed by atoms with Crippen molar-refractivity contribution in [1.82, 2.24) is 4.72 Å². The summed E-state index contributed by atoms with van der Waals surface area (Å²) in [6.07, 6.45) is 1.96. The molecule has 2 rings (SSSR count). The van der Waals surface area contributed by atoms with Gasteiger partial charge in [0.15, 0.2) is 5.78 Å². The summed E-state index contributed by atoms with van der Waals surface area (Å²) in [6, 6.07) is 11.5. The molecule has 0 saturated carbocycles. The number of carbonyl (C=O) groups excluding carboxylic acids is 1. The standard InChI is InChI=1S/C17H17Cl2NO3S/c1-2-4-12-7-9-13(10-8-12)16(21)11-20-24(22,23)17-14(18)5-3-6-15(17)19/h3,5-10,20H,2,4,11H2,1H3. The van der Waals surface area contributed by atoms with Crippen LogP contribution in [0.1, 0.15) is 29.3 Å². The Labute approximate surface area is 151 Å². The highest BCUT2D eigenvalue weighted by molar-refractivity contribution is 7.89. The van der Waals surface area contributed by atoms with Crippen molar-refractivity contribution in [2.24, 2.45) is 0 Å². The van der Waals surface area contributed by atoms with E-state index in [1.807, 2.05) is 12.1 Å². The van der Waals surface area contributed by atoms with Gasteiger partial charge in [-0.15, -0.1) is 0 Å². The van der Waals surface area contributed by atoms with Crippen molar-refractivity contribution in [3.8, 4) is 0 Å². The Morgan fingerprint density at radius 1 is 1.04 bits per heavy atom. The Morgan fingerprint density at radius 3 is 2.17 bits per heavy atom. The second kappa shape index (κ2) is 8.12. The molecule has 0 saturated heterocycles. The first-order valence-electron chi connectivity index (χ1n) is 7.41. The van der Waals surface area contributed by atoms with Crippen LogP contribution >= 0.6 is 23.2 Å². The molecule has 0 aliphatic carbocycles. The molecule has 128 valence electrons. The van der Waals surface area contributed by atoms with Gasteiger partial charge in [-0.2, -0.15) is 0 Å². The number of carbonyl (C=O) groups is 1. The molecule has 0 fully saturated rings. The highest BCUT2D eigenvalue weighted by Gasteiger charge is 2.22. The lowest BCUT2D eigenvalue weighted by Crippen LogP contribution is -2.30. The lowest BCUT2D eigenvalue weighted by atomic mass is 10.1. The smallest absolute Gasteiger partial charge is 0.243 e. The summed E-state index contributed by atoms with van der Waals surface area (Å²) >= 11 is 11.8. The monoisotopic (exact) mass is 385 g/mol. The maximum atomic E-state index is 12.3. The summed E-state index contributed by atoms with van der Waals surface area (Å²) in [5.74, 6) is -0.329. The fourth-order valence-electron chi connectivity index (χ4n) is 2.22. The maximum absolute atomic E-state index is 12.3. The zero-order valence-corrected chi connectivity index (χ0v) is 15.4. The predicted octanol–water partition coefficient (Wildman–Crippen LogP) is 4.11. The third-order valence-electron chi connectivity index (χ3n) is 3.42. The molecule has 0 spiro atoms. The number of aryl methyl sites for hydroxylation is 1. The molecule has 0 amide bonds. The zero-order chi connectivity index (χ0) is 17.7. The molecular formula is C17H17Cl2NO3S. The highest BCUT2D eigenvalue weighted by Crippen LogP contribution is 2.28. The SMILES string of the molecule is CCCc1ccc(C(=O)CNS(=O)(=O)c2c(Cl)cccc2Cl)cc1. The molecule has 1 N–H and O–H groups in total. The lowest BCUT2D eigenvalue weighted by molar-refractivity contribution is 0.0997. The minimum absolute atomic E-state index is 0.00590. The quantitative estimate of drug-likeness (QED) is 0.729. The van der Waals surface area contributed by atoms with Crippen LogP contribution in [0, 0.1) is 0 Å². The molecule has 2 aromatic carbocycles. The fourth-order valence-corrected chi connectivity index (χ4v) is 4.34. The van der Waals surface area contributed by atoms with E-state index < -0.39 is 10.0 Å². The number of benzene rings is 2.